The lowest BCUT2D eigenvalue weighted by atomic mass is 9.92. The molecule has 1 aliphatic rings. The van der Waals surface area contributed by atoms with Gasteiger partial charge in [0.15, 0.2) is 12.1 Å². The first kappa shape index (κ1) is 13.2. The van der Waals surface area contributed by atoms with Crippen LogP contribution >= 0.6 is 0 Å². The second-order valence-electron chi connectivity index (χ2n) is 4.04. The van der Waals surface area contributed by atoms with Gasteiger partial charge >= 0.3 is 0 Å². The van der Waals surface area contributed by atoms with Gasteiger partial charge in [-0.05, 0) is 34.5 Å². The highest BCUT2D eigenvalue weighted by molar-refractivity contribution is 6.50. The highest BCUT2D eigenvalue weighted by atomic mass is 16.2. The predicted octanol–water partition coefficient (Wildman–Crippen LogP) is 2.65. The van der Waals surface area contributed by atoms with Crippen LogP contribution in [0.4, 0.5) is 0 Å². The van der Waals surface area contributed by atoms with Crippen molar-refractivity contribution in [2.45, 2.75) is 0 Å². The van der Waals surface area contributed by atoms with Crippen molar-refractivity contribution < 1.29 is 9.59 Å². The number of Topliss-reactive ketones (excluding diaryl/α,β-unsaturated/α-hetero) is 1. The Morgan fingerprint density at radius 1 is 0.850 bits per heavy atom. The molecule has 0 aliphatic heterocycles. The first-order valence-electron chi connectivity index (χ1n) is 5.75. The summed E-state index contributed by atoms with van der Waals surface area (Å²) < 4.78 is 0. The molecule has 1 aliphatic carbocycles. The van der Waals surface area contributed by atoms with Crippen molar-refractivity contribution in [3.8, 4) is 12.1 Å². The lowest BCUT2D eigenvalue weighted by Crippen LogP contribution is -2.15. The normalized spacial score (nSPS) is 11.9. The van der Waals surface area contributed by atoms with Gasteiger partial charge in [0.05, 0.1) is 0 Å². The number of nitriles is 2. The summed E-state index contributed by atoms with van der Waals surface area (Å²) in [7, 11) is 0. The number of carbonyl (C=O) groups is 2. The molecule has 20 heavy (non-hydrogen) atoms. The smallest absolute Gasteiger partial charge is 0.233 e. The molecule has 0 bridgehead atoms. The standard InChI is InChI=1S/C14H8O2.C2N2/c15-13-6-5-11-7-9-3-1-2-4-10(9)8-12(11)14(13)16;3-1-2-4/h1-8H;. The van der Waals surface area contributed by atoms with Crippen LogP contribution < -0.4 is 0 Å². The Labute approximate surface area is 115 Å². The van der Waals surface area contributed by atoms with Crippen molar-refractivity contribution in [3.05, 3.63) is 53.6 Å². The molecule has 0 amide bonds. The Bertz CT molecular complexity index is 808. The number of allylic oxidation sites excluding steroid dienone is 1. The fourth-order valence-electron chi connectivity index (χ4n) is 1.97. The first-order chi connectivity index (χ1) is 9.67. The number of fused-ring (bicyclic) bond motifs is 2. The molecule has 0 heterocycles. The Kier molecular flexibility index (Phi) is 3.70. The monoisotopic (exact) mass is 260 g/mol. The van der Waals surface area contributed by atoms with Gasteiger partial charge in [-0.25, -0.2) is 0 Å². The van der Waals surface area contributed by atoms with E-state index >= 15 is 0 Å². The Morgan fingerprint density at radius 2 is 1.45 bits per heavy atom. The largest absolute Gasteiger partial charge is 0.286 e. The van der Waals surface area contributed by atoms with Crippen molar-refractivity contribution in [1.29, 1.82) is 10.5 Å². The second-order valence-corrected chi connectivity index (χ2v) is 4.04. The summed E-state index contributed by atoms with van der Waals surface area (Å²) in [5.74, 6) is -0.856. The highest BCUT2D eigenvalue weighted by Crippen LogP contribution is 2.24. The van der Waals surface area contributed by atoms with Crippen LogP contribution in [0.1, 0.15) is 15.9 Å². The molecule has 0 saturated carbocycles. The van der Waals surface area contributed by atoms with Crippen LogP contribution in [0, 0.1) is 22.7 Å². The summed E-state index contributed by atoms with van der Waals surface area (Å²) in [5, 5.41) is 16.6. The van der Waals surface area contributed by atoms with E-state index in [0.717, 1.165) is 16.3 Å². The maximum Gasteiger partial charge on any atom is 0.233 e. The third-order valence-corrected chi connectivity index (χ3v) is 2.85. The van der Waals surface area contributed by atoms with Gasteiger partial charge in [0.2, 0.25) is 11.6 Å². The van der Waals surface area contributed by atoms with Gasteiger partial charge in [-0.1, -0.05) is 30.3 Å². The Hall–Kier alpha value is -3.24. The third kappa shape index (κ3) is 2.45. The van der Waals surface area contributed by atoms with Gasteiger partial charge in [-0.15, -0.1) is 0 Å². The molecule has 0 radical (unpaired) electrons. The maximum atomic E-state index is 11.7. The molecule has 3 rings (SSSR count). The minimum atomic E-state index is -0.442. The summed E-state index contributed by atoms with van der Waals surface area (Å²) >= 11 is 0. The lowest BCUT2D eigenvalue weighted by Gasteiger charge is -2.09. The number of ketones is 2. The molecular formula is C16H8N2O2. The van der Waals surface area contributed by atoms with Crippen molar-refractivity contribution in [2.24, 2.45) is 0 Å². The van der Waals surface area contributed by atoms with Crippen molar-refractivity contribution in [3.63, 3.8) is 0 Å². The van der Waals surface area contributed by atoms with Gasteiger partial charge in [0.1, 0.15) is 0 Å². The number of hydrogen-bond acceptors (Lipinski definition) is 4. The fraction of sp³-hybridized carbons (Fsp3) is 0. The summed E-state index contributed by atoms with van der Waals surface area (Å²) in [5.41, 5.74) is 1.33. The summed E-state index contributed by atoms with van der Waals surface area (Å²) in [6, 6.07) is 14.0. The maximum absolute atomic E-state index is 11.7. The van der Waals surface area contributed by atoms with Gasteiger partial charge in [0, 0.05) is 5.56 Å². The Morgan fingerprint density at radius 3 is 2.05 bits per heavy atom. The topological polar surface area (TPSA) is 81.7 Å². The molecule has 0 atom stereocenters. The van der Waals surface area contributed by atoms with Gasteiger partial charge in [0.25, 0.3) is 0 Å². The lowest BCUT2D eigenvalue weighted by molar-refractivity contribution is -0.110. The zero-order valence-electron chi connectivity index (χ0n) is 10.3. The molecule has 0 saturated heterocycles. The molecule has 2 aromatic rings. The van der Waals surface area contributed by atoms with Crippen LogP contribution in [0.25, 0.3) is 16.8 Å². The van der Waals surface area contributed by atoms with Crippen LogP contribution in [-0.4, -0.2) is 11.6 Å². The zero-order chi connectivity index (χ0) is 14.5. The van der Waals surface area contributed by atoms with Gasteiger partial charge < -0.3 is 0 Å². The molecule has 0 N–H and O–H groups in total. The molecular weight excluding hydrogens is 252 g/mol. The van der Waals surface area contributed by atoms with E-state index in [9.17, 15) is 9.59 Å². The molecule has 94 valence electrons. The van der Waals surface area contributed by atoms with E-state index in [1.165, 1.54) is 18.2 Å². The van der Waals surface area contributed by atoms with Gasteiger partial charge in [-0.3, -0.25) is 9.59 Å². The molecule has 0 spiro atoms. The Balaban J connectivity index is 0.000000328. The number of nitrogens with zero attached hydrogens (tertiary/aromatic N) is 2. The minimum Gasteiger partial charge on any atom is -0.286 e. The molecule has 0 aromatic heterocycles. The highest BCUT2D eigenvalue weighted by Gasteiger charge is 2.20. The molecule has 0 fully saturated rings. The van der Waals surface area contributed by atoms with Crippen LogP contribution in [-0.2, 0) is 4.79 Å². The van der Waals surface area contributed by atoms with Crippen LogP contribution in [0.2, 0.25) is 0 Å². The molecule has 2 aromatic carbocycles. The van der Waals surface area contributed by atoms with Gasteiger partial charge in [-0.2, -0.15) is 10.5 Å². The molecule has 0 unspecified atom stereocenters. The van der Waals surface area contributed by atoms with E-state index in [1.54, 1.807) is 12.1 Å². The predicted molar refractivity (Wildman–Crippen MR) is 73.5 cm³/mol. The fourth-order valence-corrected chi connectivity index (χ4v) is 1.97. The minimum absolute atomic E-state index is 0.414. The van der Waals surface area contributed by atoms with E-state index in [1.807, 2.05) is 30.3 Å². The van der Waals surface area contributed by atoms with Crippen LogP contribution in [0.5, 0.6) is 0 Å². The van der Waals surface area contributed by atoms with Crippen molar-refractivity contribution in [2.75, 3.05) is 0 Å². The second kappa shape index (κ2) is 5.60. The number of rotatable bonds is 0. The van der Waals surface area contributed by atoms with Crippen molar-refractivity contribution in [1.82, 2.24) is 0 Å². The number of carbonyl (C=O) groups excluding carboxylic acids is 2. The van der Waals surface area contributed by atoms with E-state index in [-0.39, 0.29) is 0 Å². The number of hydrogen-bond donors (Lipinski definition) is 0. The van der Waals surface area contributed by atoms with Crippen molar-refractivity contribution >= 4 is 28.4 Å². The summed E-state index contributed by atoms with van der Waals surface area (Å²) in [6.45, 7) is 0. The van der Waals surface area contributed by atoms with E-state index in [2.05, 4.69) is 0 Å². The zero-order valence-corrected chi connectivity index (χ0v) is 10.3. The molecule has 4 heteroatoms. The quantitative estimate of drug-likeness (QED) is 0.682. The number of benzene rings is 2. The molecule has 4 nitrogen and oxygen atoms in total. The SMILES string of the molecule is N#CC#N.O=C1C=Cc2cc3ccccc3cc2C1=O. The average molecular weight is 260 g/mol. The van der Waals surface area contributed by atoms with Crippen LogP contribution in [0.15, 0.2) is 42.5 Å². The first-order valence-corrected chi connectivity index (χ1v) is 5.75. The average Bonchev–Trinajstić information content (AvgIpc) is 2.50. The van der Waals surface area contributed by atoms with E-state index in [0.29, 0.717) is 5.56 Å². The summed E-state index contributed by atoms with van der Waals surface area (Å²) in [6.07, 6.45) is 3.03. The van der Waals surface area contributed by atoms with Crippen LogP contribution in [0.3, 0.4) is 0 Å². The van der Waals surface area contributed by atoms with E-state index < -0.39 is 11.6 Å². The van der Waals surface area contributed by atoms with E-state index in [4.69, 9.17) is 10.5 Å². The third-order valence-electron chi connectivity index (χ3n) is 2.85. The summed E-state index contributed by atoms with van der Waals surface area (Å²) in [4.78, 5) is 22.9.